The molecule has 0 bridgehead atoms. The fourth-order valence-corrected chi connectivity index (χ4v) is 1.04. The molecule has 10 heavy (non-hydrogen) atoms. The number of pyridine rings is 1. The molecule has 0 saturated carbocycles. The standard InChI is InChI=1S/C7H6FNO/c8-6-3-5-1-2-10-7(5)9-4-6/h3-4H,1-2H2. The minimum absolute atomic E-state index is 0.288. The van der Waals surface area contributed by atoms with E-state index in [-0.39, 0.29) is 5.82 Å². The number of rotatable bonds is 0. The highest BCUT2D eigenvalue weighted by Crippen LogP contribution is 2.21. The van der Waals surface area contributed by atoms with Crippen LogP contribution >= 0.6 is 0 Å². The average Bonchev–Trinajstić information content (AvgIpc) is 2.33. The summed E-state index contributed by atoms with van der Waals surface area (Å²) in [5.74, 6) is 0.297. The van der Waals surface area contributed by atoms with Gasteiger partial charge in [-0.1, -0.05) is 0 Å². The summed E-state index contributed by atoms with van der Waals surface area (Å²) in [7, 11) is 0. The second-order valence-corrected chi connectivity index (χ2v) is 2.22. The van der Waals surface area contributed by atoms with Crippen LogP contribution in [0.4, 0.5) is 4.39 Å². The Morgan fingerprint density at radius 1 is 1.60 bits per heavy atom. The van der Waals surface area contributed by atoms with Crippen LogP contribution in [0.25, 0.3) is 0 Å². The number of hydrogen-bond acceptors (Lipinski definition) is 2. The summed E-state index contributed by atoms with van der Waals surface area (Å²) < 4.78 is 17.5. The highest BCUT2D eigenvalue weighted by molar-refractivity contribution is 5.29. The van der Waals surface area contributed by atoms with Gasteiger partial charge in [0.1, 0.15) is 5.82 Å². The first-order chi connectivity index (χ1) is 4.86. The van der Waals surface area contributed by atoms with Crippen LogP contribution in [0.2, 0.25) is 0 Å². The largest absolute Gasteiger partial charge is 0.477 e. The van der Waals surface area contributed by atoms with Crippen molar-refractivity contribution in [1.82, 2.24) is 4.98 Å². The Balaban J connectivity index is 2.52. The van der Waals surface area contributed by atoms with E-state index < -0.39 is 0 Å². The minimum Gasteiger partial charge on any atom is -0.477 e. The molecular formula is C7H6FNO. The van der Waals surface area contributed by atoms with Gasteiger partial charge in [0, 0.05) is 12.0 Å². The Labute approximate surface area is 57.7 Å². The van der Waals surface area contributed by atoms with E-state index in [1.54, 1.807) is 0 Å². The van der Waals surface area contributed by atoms with Crippen molar-refractivity contribution in [2.24, 2.45) is 0 Å². The molecule has 52 valence electrons. The predicted molar refractivity (Wildman–Crippen MR) is 33.4 cm³/mol. The lowest BCUT2D eigenvalue weighted by atomic mass is 10.2. The molecule has 3 heteroatoms. The molecule has 0 fully saturated rings. The van der Waals surface area contributed by atoms with Gasteiger partial charge in [-0.15, -0.1) is 0 Å². The molecule has 1 aliphatic rings. The fourth-order valence-electron chi connectivity index (χ4n) is 1.04. The zero-order valence-electron chi connectivity index (χ0n) is 5.30. The van der Waals surface area contributed by atoms with Crippen LogP contribution < -0.4 is 4.74 Å². The summed E-state index contributed by atoms with van der Waals surface area (Å²) in [4.78, 5) is 3.76. The van der Waals surface area contributed by atoms with Crippen molar-refractivity contribution >= 4 is 0 Å². The molecule has 2 nitrogen and oxygen atoms in total. The molecule has 2 rings (SSSR count). The average molecular weight is 139 g/mol. The highest BCUT2D eigenvalue weighted by Gasteiger charge is 2.12. The van der Waals surface area contributed by atoms with Gasteiger partial charge in [0.2, 0.25) is 5.88 Å². The van der Waals surface area contributed by atoms with Crippen LogP contribution in [0.3, 0.4) is 0 Å². The van der Waals surface area contributed by atoms with Crippen molar-refractivity contribution in [2.45, 2.75) is 6.42 Å². The Bertz CT molecular complexity index is 262. The van der Waals surface area contributed by atoms with Crippen molar-refractivity contribution in [3.63, 3.8) is 0 Å². The van der Waals surface area contributed by atoms with E-state index in [1.165, 1.54) is 12.3 Å². The fraction of sp³-hybridized carbons (Fsp3) is 0.286. The van der Waals surface area contributed by atoms with Crippen molar-refractivity contribution in [2.75, 3.05) is 6.61 Å². The molecule has 1 aliphatic heterocycles. The number of nitrogens with zero attached hydrogens (tertiary/aromatic N) is 1. The molecule has 0 unspecified atom stereocenters. The summed E-state index contributed by atoms with van der Waals surface area (Å²) >= 11 is 0. The van der Waals surface area contributed by atoms with E-state index in [9.17, 15) is 4.39 Å². The van der Waals surface area contributed by atoms with Gasteiger partial charge in [-0.25, -0.2) is 9.37 Å². The van der Waals surface area contributed by atoms with Gasteiger partial charge in [-0.05, 0) is 6.07 Å². The van der Waals surface area contributed by atoms with Crippen LogP contribution in [0.15, 0.2) is 12.3 Å². The molecular weight excluding hydrogens is 133 g/mol. The molecule has 0 amide bonds. The van der Waals surface area contributed by atoms with Gasteiger partial charge in [0.15, 0.2) is 0 Å². The second-order valence-electron chi connectivity index (χ2n) is 2.22. The minimum atomic E-state index is -0.288. The van der Waals surface area contributed by atoms with Gasteiger partial charge < -0.3 is 4.74 Å². The highest BCUT2D eigenvalue weighted by atomic mass is 19.1. The summed E-state index contributed by atoms with van der Waals surface area (Å²) in [5, 5.41) is 0. The van der Waals surface area contributed by atoms with Gasteiger partial charge in [-0.2, -0.15) is 0 Å². The van der Waals surface area contributed by atoms with Crippen LogP contribution in [0.1, 0.15) is 5.56 Å². The van der Waals surface area contributed by atoms with Crippen LogP contribution in [0.5, 0.6) is 5.88 Å². The molecule has 1 aromatic rings. The molecule has 1 aromatic heterocycles. The SMILES string of the molecule is Fc1cnc2c(c1)CCO2. The predicted octanol–water partition coefficient (Wildman–Crippen LogP) is 1.16. The lowest BCUT2D eigenvalue weighted by Crippen LogP contribution is -1.87. The Morgan fingerprint density at radius 3 is 3.40 bits per heavy atom. The summed E-state index contributed by atoms with van der Waals surface area (Å²) in [6.07, 6.45) is 1.95. The molecule has 0 atom stereocenters. The molecule has 0 aliphatic carbocycles. The van der Waals surface area contributed by atoms with E-state index in [0.29, 0.717) is 12.5 Å². The lowest BCUT2D eigenvalue weighted by molar-refractivity contribution is 0.344. The quantitative estimate of drug-likeness (QED) is 0.538. The van der Waals surface area contributed by atoms with Crippen LogP contribution in [0, 0.1) is 5.82 Å². The molecule has 0 saturated heterocycles. The van der Waals surface area contributed by atoms with E-state index in [1.807, 2.05) is 0 Å². The number of hydrogen-bond donors (Lipinski definition) is 0. The zero-order valence-corrected chi connectivity index (χ0v) is 5.30. The smallest absolute Gasteiger partial charge is 0.216 e. The third-order valence-electron chi connectivity index (χ3n) is 1.50. The molecule has 0 radical (unpaired) electrons. The maximum Gasteiger partial charge on any atom is 0.216 e. The zero-order chi connectivity index (χ0) is 6.97. The lowest BCUT2D eigenvalue weighted by Gasteiger charge is -1.94. The normalized spacial score (nSPS) is 14.5. The third kappa shape index (κ3) is 0.744. The van der Waals surface area contributed by atoms with Gasteiger partial charge in [-0.3, -0.25) is 0 Å². The number of ether oxygens (including phenoxy) is 1. The first-order valence-electron chi connectivity index (χ1n) is 3.13. The Morgan fingerprint density at radius 2 is 2.50 bits per heavy atom. The molecule has 0 spiro atoms. The molecule has 0 N–H and O–H groups in total. The summed E-state index contributed by atoms with van der Waals surface area (Å²) in [6.45, 7) is 0.631. The maximum absolute atomic E-state index is 12.4. The molecule has 2 heterocycles. The molecule has 0 aromatic carbocycles. The van der Waals surface area contributed by atoms with Crippen molar-refractivity contribution in [1.29, 1.82) is 0 Å². The Kier molecular flexibility index (Phi) is 1.09. The second kappa shape index (κ2) is 1.94. The van der Waals surface area contributed by atoms with Crippen LogP contribution in [-0.2, 0) is 6.42 Å². The van der Waals surface area contributed by atoms with Crippen molar-refractivity contribution in [3.8, 4) is 5.88 Å². The number of aromatic nitrogens is 1. The van der Waals surface area contributed by atoms with E-state index >= 15 is 0 Å². The summed E-state index contributed by atoms with van der Waals surface area (Å²) in [6, 6.07) is 1.47. The number of halogens is 1. The monoisotopic (exact) mass is 139 g/mol. The van der Waals surface area contributed by atoms with Crippen molar-refractivity contribution < 1.29 is 9.13 Å². The van der Waals surface area contributed by atoms with Gasteiger partial charge in [0.25, 0.3) is 0 Å². The van der Waals surface area contributed by atoms with Gasteiger partial charge in [0.05, 0.1) is 12.8 Å². The Hall–Kier alpha value is -1.12. The van der Waals surface area contributed by atoms with Gasteiger partial charge >= 0.3 is 0 Å². The maximum atomic E-state index is 12.4. The third-order valence-corrected chi connectivity index (χ3v) is 1.50. The van der Waals surface area contributed by atoms with E-state index in [4.69, 9.17) is 4.74 Å². The number of fused-ring (bicyclic) bond motifs is 1. The first kappa shape index (κ1) is 5.65. The first-order valence-corrected chi connectivity index (χ1v) is 3.13. The van der Waals surface area contributed by atoms with Crippen molar-refractivity contribution in [3.05, 3.63) is 23.6 Å². The topological polar surface area (TPSA) is 22.1 Å². The van der Waals surface area contributed by atoms with E-state index in [2.05, 4.69) is 4.98 Å². The summed E-state index contributed by atoms with van der Waals surface area (Å²) in [5.41, 5.74) is 0.875. The van der Waals surface area contributed by atoms with E-state index in [0.717, 1.165) is 12.0 Å². The van der Waals surface area contributed by atoms with Crippen LogP contribution in [-0.4, -0.2) is 11.6 Å².